The first-order valence-corrected chi connectivity index (χ1v) is 9.07. The highest BCUT2D eigenvalue weighted by Crippen LogP contribution is 2.41. The molecule has 2 heterocycles. The zero-order valence-electron chi connectivity index (χ0n) is 12.8. The molecular weight excluding hydrogens is 342 g/mol. The fourth-order valence-corrected chi connectivity index (χ4v) is 4.47. The Morgan fingerprint density at radius 1 is 1.09 bits per heavy atom. The van der Waals surface area contributed by atoms with Crippen molar-refractivity contribution in [1.29, 1.82) is 0 Å². The van der Waals surface area contributed by atoms with Crippen molar-refractivity contribution in [3.63, 3.8) is 0 Å². The van der Waals surface area contributed by atoms with E-state index in [1.165, 1.54) is 50.6 Å². The number of nitrogens with zero attached hydrogens (tertiary/aromatic N) is 1. The minimum Gasteiger partial charge on any atom is -0.454 e. The molecule has 0 N–H and O–H groups in total. The van der Waals surface area contributed by atoms with Crippen molar-refractivity contribution in [3.8, 4) is 11.5 Å². The van der Waals surface area contributed by atoms with Crippen LogP contribution in [0.3, 0.4) is 0 Å². The van der Waals surface area contributed by atoms with Gasteiger partial charge in [-0.3, -0.25) is 4.90 Å². The second kappa shape index (κ2) is 5.89. The summed E-state index contributed by atoms with van der Waals surface area (Å²) in [5, 5.41) is 0. The third-order valence-electron chi connectivity index (χ3n) is 5.23. The summed E-state index contributed by atoms with van der Waals surface area (Å²) in [6, 6.07) is 4.19. The summed E-state index contributed by atoms with van der Waals surface area (Å²) < 4.78 is 12.1. The van der Waals surface area contributed by atoms with Crippen LogP contribution in [0.1, 0.15) is 44.1 Å². The van der Waals surface area contributed by atoms with Crippen molar-refractivity contribution in [2.45, 2.75) is 50.6 Å². The van der Waals surface area contributed by atoms with E-state index in [1.807, 2.05) is 6.07 Å². The molecular formula is C18H22BrNO2. The van der Waals surface area contributed by atoms with Gasteiger partial charge < -0.3 is 9.47 Å². The van der Waals surface area contributed by atoms with Crippen LogP contribution in [0.4, 0.5) is 0 Å². The average Bonchev–Trinajstić information content (AvgIpc) is 2.98. The van der Waals surface area contributed by atoms with E-state index in [4.69, 9.17) is 9.47 Å². The van der Waals surface area contributed by atoms with Gasteiger partial charge >= 0.3 is 0 Å². The number of hydrogen-bond acceptors (Lipinski definition) is 3. The normalized spacial score (nSPS) is 27.5. The lowest BCUT2D eigenvalue weighted by atomic mass is 9.79. The Kier molecular flexibility index (Phi) is 3.91. The standard InChI is InChI=1S/C18H22BrNO2/c19-15-11-17-16(21-13-22-17)10-14(15)12-20-9-5-4-8-18(20)6-2-1-3-7-18/h2,6,10-11H,1,3-5,7-9,12-13H2. The van der Waals surface area contributed by atoms with Gasteiger partial charge in [-0.05, 0) is 56.3 Å². The topological polar surface area (TPSA) is 21.7 Å². The molecule has 1 saturated heterocycles. The molecule has 2 aliphatic heterocycles. The second-order valence-electron chi connectivity index (χ2n) is 6.57. The SMILES string of the molecule is Brc1cc2c(cc1CN1CCCCC13C=CCCC3)OCO2. The van der Waals surface area contributed by atoms with Gasteiger partial charge in [-0.2, -0.15) is 0 Å². The molecule has 118 valence electrons. The van der Waals surface area contributed by atoms with Crippen molar-refractivity contribution in [1.82, 2.24) is 4.90 Å². The van der Waals surface area contributed by atoms with Crippen LogP contribution in [0.5, 0.6) is 11.5 Å². The van der Waals surface area contributed by atoms with Gasteiger partial charge in [0, 0.05) is 16.6 Å². The van der Waals surface area contributed by atoms with Gasteiger partial charge in [0.2, 0.25) is 6.79 Å². The Morgan fingerprint density at radius 2 is 1.91 bits per heavy atom. The molecule has 0 amide bonds. The highest BCUT2D eigenvalue weighted by molar-refractivity contribution is 9.10. The minimum absolute atomic E-state index is 0.284. The monoisotopic (exact) mass is 363 g/mol. The van der Waals surface area contributed by atoms with Crippen molar-refractivity contribution >= 4 is 15.9 Å². The van der Waals surface area contributed by atoms with E-state index in [9.17, 15) is 0 Å². The smallest absolute Gasteiger partial charge is 0.231 e. The van der Waals surface area contributed by atoms with Crippen molar-refractivity contribution < 1.29 is 9.47 Å². The van der Waals surface area contributed by atoms with E-state index in [0.29, 0.717) is 6.79 Å². The molecule has 1 aliphatic carbocycles. The van der Waals surface area contributed by atoms with Gasteiger partial charge in [0.25, 0.3) is 0 Å². The van der Waals surface area contributed by atoms with Crippen LogP contribution in [-0.2, 0) is 6.54 Å². The summed E-state index contributed by atoms with van der Waals surface area (Å²) in [5.74, 6) is 1.73. The van der Waals surface area contributed by atoms with Crippen molar-refractivity contribution in [2.24, 2.45) is 0 Å². The summed E-state index contributed by atoms with van der Waals surface area (Å²) in [6.07, 6.45) is 12.7. The average molecular weight is 364 g/mol. The molecule has 1 fully saturated rings. The quantitative estimate of drug-likeness (QED) is 0.714. The molecule has 22 heavy (non-hydrogen) atoms. The van der Waals surface area contributed by atoms with Gasteiger partial charge in [0.1, 0.15) is 0 Å². The van der Waals surface area contributed by atoms with Gasteiger partial charge in [0.15, 0.2) is 11.5 Å². The number of allylic oxidation sites excluding steroid dienone is 1. The molecule has 1 aromatic carbocycles. The predicted octanol–water partition coefficient (Wildman–Crippen LogP) is 4.64. The summed E-state index contributed by atoms with van der Waals surface area (Å²) in [4.78, 5) is 2.68. The zero-order valence-corrected chi connectivity index (χ0v) is 14.4. The third kappa shape index (κ3) is 2.56. The van der Waals surface area contributed by atoms with Gasteiger partial charge in [-0.1, -0.05) is 34.5 Å². The largest absolute Gasteiger partial charge is 0.454 e. The number of likely N-dealkylation sites (tertiary alicyclic amines) is 1. The molecule has 0 radical (unpaired) electrons. The number of hydrogen-bond donors (Lipinski definition) is 0. The number of halogens is 1. The second-order valence-corrected chi connectivity index (χ2v) is 7.43. The molecule has 1 atom stereocenters. The first kappa shape index (κ1) is 14.6. The maximum absolute atomic E-state index is 5.54. The predicted molar refractivity (Wildman–Crippen MR) is 90.2 cm³/mol. The maximum Gasteiger partial charge on any atom is 0.231 e. The van der Waals surface area contributed by atoms with Crippen LogP contribution in [0.15, 0.2) is 28.8 Å². The van der Waals surface area contributed by atoms with Crippen LogP contribution < -0.4 is 9.47 Å². The summed E-state index contributed by atoms with van der Waals surface area (Å²) in [6.45, 7) is 2.49. The van der Waals surface area contributed by atoms with Crippen LogP contribution in [0.2, 0.25) is 0 Å². The zero-order chi connectivity index (χ0) is 15.0. The lowest BCUT2D eigenvalue weighted by Gasteiger charge is -2.47. The summed E-state index contributed by atoms with van der Waals surface area (Å²) in [5.41, 5.74) is 1.58. The van der Waals surface area contributed by atoms with E-state index in [2.05, 4.69) is 39.0 Å². The van der Waals surface area contributed by atoms with Gasteiger partial charge in [-0.25, -0.2) is 0 Å². The maximum atomic E-state index is 5.54. The van der Waals surface area contributed by atoms with Crippen LogP contribution >= 0.6 is 15.9 Å². The van der Waals surface area contributed by atoms with Crippen LogP contribution in [-0.4, -0.2) is 23.8 Å². The van der Waals surface area contributed by atoms with Crippen LogP contribution in [0.25, 0.3) is 0 Å². The molecule has 0 aromatic heterocycles. The molecule has 1 spiro atoms. The first-order chi connectivity index (χ1) is 10.8. The molecule has 4 heteroatoms. The Bertz CT molecular complexity index is 601. The minimum atomic E-state index is 0.284. The Labute approximate surface area is 140 Å². The molecule has 0 saturated carbocycles. The summed E-state index contributed by atoms with van der Waals surface area (Å²) >= 11 is 3.71. The number of fused-ring (bicyclic) bond motifs is 1. The molecule has 1 aromatic rings. The number of benzene rings is 1. The molecule has 3 nitrogen and oxygen atoms in total. The van der Waals surface area contributed by atoms with E-state index < -0.39 is 0 Å². The summed E-state index contributed by atoms with van der Waals surface area (Å²) in [7, 11) is 0. The number of rotatable bonds is 2. The highest BCUT2D eigenvalue weighted by Gasteiger charge is 2.37. The Morgan fingerprint density at radius 3 is 2.73 bits per heavy atom. The van der Waals surface area contributed by atoms with E-state index in [-0.39, 0.29) is 5.54 Å². The lowest BCUT2D eigenvalue weighted by Crippen LogP contribution is -2.50. The number of ether oxygens (including phenoxy) is 2. The first-order valence-electron chi connectivity index (χ1n) is 8.28. The fourth-order valence-electron chi connectivity index (χ4n) is 4.02. The van der Waals surface area contributed by atoms with E-state index in [1.54, 1.807) is 0 Å². The lowest BCUT2D eigenvalue weighted by molar-refractivity contribution is 0.0649. The Balaban J connectivity index is 1.61. The Hall–Kier alpha value is -1.00. The highest BCUT2D eigenvalue weighted by atomic mass is 79.9. The fraction of sp³-hybridized carbons (Fsp3) is 0.556. The number of piperidine rings is 1. The van der Waals surface area contributed by atoms with Crippen molar-refractivity contribution in [3.05, 3.63) is 34.3 Å². The van der Waals surface area contributed by atoms with Crippen LogP contribution in [0, 0.1) is 0 Å². The van der Waals surface area contributed by atoms with Crippen molar-refractivity contribution in [2.75, 3.05) is 13.3 Å². The molecule has 3 aliphatic rings. The van der Waals surface area contributed by atoms with E-state index in [0.717, 1.165) is 22.5 Å². The van der Waals surface area contributed by atoms with Gasteiger partial charge in [-0.15, -0.1) is 0 Å². The molecule has 1 unspecified atom stereocenters. The van der Waals surface area contributed by atoms with E-state index >= 15 is 0 Å². The third-order valence-corrected chi connectivity index (χ3v) is 5.97. The molecule has 0 bridgehead atoms. The van der Waals surface area contributed by atoms with Gasteiger partial charge in [0.05, 0.1) is 0 Å². The molecule has 4 rings (SSSR count).